The molecular weight excluding hydrogens is 413 g/mol. The maximum Gasteiger partial charge on any atom is 0.435 e. The molecule has 5 nitrogen and oxygen atoms in total. The van der Waals surface area contributed by atoms with Crippen LogP contribution in [0.5, 0.6) is 0 Å². The molecule has 0 bridgehead atoms. The summed E-state index contributed by atoms with van der Waals surface area (Å²) in [5.41, 5.74) is 0.965. The second-order valence-corrected chi connectivity index (χ2v) is 8.74. The molecule has 9 heteroatoms. The highest BCUT2D eigenvalue weighted by Crippen LogP contribution is 2.34. The standard InChI is InChI=1S/C21H27F3N4OS/c1-27(2)16-7-5-6-15(14-16)8-10-25-20(29)18-19(21(22,23)24)26-17(30-18)9-13-28-11-3-4-12-28/h5-7,14H,3-4,8-13H2,1-2H3,(H,25,29). The van der Waals surface area contributed by atoms with Gasteiger partial charge >= 0.3 is 6.18 Å². The molecule has 164 valence electrons. The molecule has 0 saturated carbocycles. The van der Waals surface area contributed by atoms with Crippen LogP contribution in [0.4, 0.5) is 18.9 Å². The van der Waals surface area contributed by atoms with Crippen LogP contribution < -0.4 is 10.2 Å². The summed E-state index contributed by atoms with van der Waals surface area (Å²) in [7, 11) is 3.87. The lowest BCUT2D eigenvalue weighted by molar-refractivity contribution is -0.141. The van der Waals surface area contributed by atoms with Gasteiger partial charge in [0.15, 0.2) is 5.69 Å². The van der Waals surface area contributed by atoms with Crippen molar-refractivity contribution in [1.82, 2.24) is 15.2 Å². The van der Waals surface area contributed by atoms with Gasteiger partial charge in [0.1, 0.15) is 4.88 Å². The van der Waals surface area contributed by atoms with Crippen molar-refractivity contribution in [3.8, 4) is 0 Å². The molecule has 0 radical (unpaired) electrons. The van der Waals surface area contributed by atoms with Gasteiger partial charge in [0.2, 0.25) is 0 Å². The number of thiazole rings is 1. The number of carbonyl (C=O) groups excluding carboxylic acids is 1. The van der Waals surface area contributed by atoms with Crippen LogP contribution in [-0.2, 0) is 19.0 Å². The normalized spacial score (nSPS) is 14.8. The Labute approximate surface area is 178 Å². The van der Waals surface area contributed by atoms with Gasteiger partial charge in [-0.1, -0.05) is 12.1 Å². The van der Waals surface area contributed by atoms with Crippen molar-refractivity contribution < 1.29 is 18.0 Å². The third-order valence-electron chi connectivity index (χ3n) is 5.11. The summed E-state index contributed by atoms with van der Waals surface area (Å²) >= 11 is 0.854. The van der Waals surface area contributed by atoms with Crippen LogP contribution in [-0.4, -0.2) is 56.1 Å². The van der Waals surface area contributed by atoms with Gasteiger partial charge in [0.25, 0.3) is 5.91 Å². The van der Waals surface area contributed by atoms with E-state index in [4.69, 9.17) is 0 Å². The van der Waals surface area contributed by atoms with Crippen molar-refractivity contribution >= 4 is 22.9 Å². The molecule has 0 atom stereocenters. The van der Waals surface area contributed by atoms with Gasteiger partial charge in [-0.2, -0.15) is 13.2 Å². The number of benzene rings is 1. The zero-order valence-electron chi connectivity index (χ0n) is 17.3. The van der Waals surface area contributed by atoms with Crippen LogP contribution >= 0.6 is 11.3 Å². The van der Waals surface area contributed by atoms with Gasteiger partial charge in [0, 0.05) is 39.3 Å². The van der Waals surface area contributed by atoms with Gasteiger partial charge in [-0.05, 0) is 50.0 Å². The van der Waals surface area contributed by atoms with Crippen LogP contribution in [0.2, 0.25) is 0 Å². The summed E-state index contributed by atoms with van der Waals surface area (Å²) in [6.45, 7) is 2.88. The van der Waals surface area contributed by atoms with Crippen molar-refractivity contribution in [2.24, 2.45) is 0 Å². The monoisotopic (exact) mass is 440 g/mol. The average molecular weight is 441 g/mol. The Morgan fingerprint density at radius 2 is 1.97 bits per heavy atom. The predicted molar refractivity (Wildman–Crippen MR) is 113 cm³/mol. The summed E-state index contributed by atoms with van der Waals surface area (Å²) in [4.78, 5) is 20.1. The Bertz CT molecular complexity index is 860. The van der Waals surface area contributed by atoms with E-state index < -0.39 is 17.8 Å². The Balaban J connectivity index is 1.62. The molecule has 0 aliphatic carbocycles. The summed E-state index contributed by atoms with van der Waals surface area (Å²) in [6.07, 6.45) is -1.43. The van der Waals surface area contributed by atoms with E-state index in [2.05, 4.69) is 15.2 Å². The molecule has 1 fully saturated rings. The molecule has 0 spiro atoms. The fraction of sp³-hybridized carbons (Fsp3) is 0.524. The highest BCUT2D eigenvalue weighted by atomic mass is 32.1. The fourth-order valence-electron chi connectivity index (χ4n) is 3.47. The van der Waals surface area contributed by atoms with Gasteiger partial charge in [-0.25, -0.2) is 4.98 Å². The summed E-state index contributed by atoms with van der Waals surface area (Å²) in [5, 5.41) is 2.99. The predicted octanol–water partition coefficient (Wildman–Crippen LogP) is 3.84. The molecule has 1 saturated heterocycles. The summed E-state index contributed by atoms with van der Waals surface area (Å²) < 4.78 is 40.3. The minimum Gasteiger partial charge on any atom is -0.378 e. The molecule has 2 aromatic rings. The zero-order chi connectivity index (χ0) is 21.7. The number of nitrogens with one attached hydrogen (secondary N) is 1. The lowest BCUT2D eigenvalue weighted by atomic mass is 10.1. The van der Waals surface area contributed by atoms with E-state index in [9.17, 15) is 18.0 Å². The molecule has 1 aromatic heterocycles. The zero-order valence-corrected chi connectivity index (χ0v) is 18.1. The Kier molecular flexibility index (Phi) is 7.36. The fourth-order valence-corrected chi connectivity index (χ4v) is 4.46. The van der Waals surface area contributed by atoms with E-state index in [1.165, 1.54) is 0 Å². The molecule has 30 heavy (non-hydrogen) atoms. The lowest BCUT2D eigenvalue weighted by Crippen LogP contribution is -2.27. The number of hydrogen-bond donors (Lipinski definition) is 1. The first-order chi connectivity index (χ1) is 14.2. The molecular formula is C21H27F3N4OS. The highest BCUT2D eigenvalue weighted by Gasteiger charge is 2.39. The number of hydrogen-bond acceptors (Lipinski definition) is 5. The topological polar surface area (TPSA) is 48.5 Å². The van der Waals surface area contributed by atoms with E-state index in [-0.39, 0.29) is 11.4 Å². The molecule has 1 aromatic carbocycles. The second kappa shape index (κ2) is 9.78. The third-order valence-corrected chi connectivity index (χ3v) is 6.23. The molecule has 1 aliphatic rings. The average Bonchev–Trinajstić information content (AvgIpc) is 3.36. The van der Waals surface area contributed by atoms with E-state index in [0.717, 1.165) is 48.5 Å². The first kappa shape index (κ1) is 22.6. The number of nitrogens with zero attached hydrogens (tertiary/aromatic N) is 3. The quantitative estimate of drug-likeness (QED) is 0.678. The van der Waals surface area contributed by atoms with Gasteiger partial charge in [0.05, 0.1) is 5.01 Å². The molecule has 0 unspecified atom stereocenters. The molecule has 1 aliphatic heterocycles. The van der Waals surface area contributed by atoms with Crippen LogP contribution in [0, 0.1) is 0 Å². The van der Waals surface area contributed by atoms with Crippen LogP contribution in [0.25, 0.3) is 0 Å². The van der Waals surface area contributed by atoms with E-state index >= 15 is 0 Å². The van der Waals surface area contributed by atoms with E-state index in [1.54, 1.807) is 0 Å². The van der Waals surface area contributed by atoms with Crippen LogP contribution in [0.15, 0.2) is 24.3 Å². The highest BCUT2D eigenvalue weighted by molar-refractivity contribution is 7.13. The van der Waals surface area contributed by atoms with Crippen LogP contribution in [0.1, 0.15) is 38.8 Å². The number of rotatable bonds is 8. The van der Waals surface area contributed by atoms with Gasteiger partial charge in [-0.3, -0.25) is 4.79 Å². The van der Waals surface area contributed by atoms with Gasteiger partial charge in [-0.15, -0.1) is 11.3 Å². The number of amides is 1. The lowest BCUT2D eigenvalue weighted by Gasteiger charge is -2.13. The Morgan fingerprint density at radius 1 is 1.23 bits per heavy atom. The van der Waals surface area contributed by atoms with Crippen LogP contribution in [0.3, 0.4) is 0 Å². The SMILES string of the molecule is CN(C)c1cccc(CCNC(=O)c2sc(CCN3CCCC3)nc2C(F)(F)F)c1. The van der Waals surface area contributed by atoms with Crippen molar-refractivity contribution in [2.45, 2.75) is 31.9 Å². The first-order valence-corrected chi connectivity index (χ1v) is 10.9. The minimum absolute atomic E-state index is 0.258. The second-order valence-electron chi connectivity index (χ2n) is 7.65. The summed E-state index contributed by atoms with van der Waals surface area (Å²) in [5.74, 6) is -0.712. The Hall–Kier alpha value is -2.13. The summed E-state index contributed by atoms with van der Waals surface area (Å²) in [6, 6.07) is 7.82. The van der Waals surface area contributed by atoms with E-state index in [1.807, 2.05) is 43.3 Å². The Morgan fingerprint density at radius 3 is 2.63 bits per heavy atom. The van der Waals surface area contributed by atoms with E-state index in [0.29, 0.717) is 24.4 Å². The van der Waals surface area contributed by atoms with Crippen molar-refractivity contribution in [1.29, 1.82) is 0 Å². The molecule has 1 amide bonds. The number of aromatic nitrogens is 1. The molecule has 2 heterocycles. The van der Waals surface area contributed by atoms with Crippen molar-refractivity contribution in [3.05, 3.63) is 45.4 Å². The molecule has 3 rings (SSSR count). The number of halogens is 3. The maximum absolute atomic E-state index is 13.4. The minimum atomic E-state index is -4.64. The van der Waals surface area contributed by atoms with Gasteiger partial charge < -0.3 is 15.1 Å². The first-order valence-electron chi connectivity index (χ1n) is 10.1. The smallest absolute Gasteiger partial charge is 0.378 e. The van der Waals surface area contributed by atoms with Crippen molar-refractivity contribution in [2.75, 3.05) is 45.2 Å². The number of carbonyl (C=O) groups is 1. The number of alkyl halides is 3. The molecule has 1 N–H and O–H groups in total. The van der Waals surface area contributed by atoms with Crippen molar-refractivity contribution in [3.63, 3.8) is 0 Å². The maximum atomic E-state index is 13.4. The number of anilines is 1. The largest absolute Gasteiger partial charge is 0.435 e. The third kappa shape index (κ3) is 5.95. The number of likely N-dealkylation sites (tertiary alicyclic amines) is 1.